The van der Waals surface area contributed by atoms with E-state index in [1.54, 1.807) is 0 Å². The third kappa shape index (κ3) is 2.62. The molecule has 1 aromatic rings. The Bertz CT molecular complexity index is 411. The molecule has 3 nitrogen and oxygen atoms in total. The van der Waals surface area contributed by atoms with Crippen molar-refractivity contribution in [2.45, 2.75) is 57.5 Å². The molecule has 0 bridgehead atoms. The van der Waals surface area contributed by atoms with Gasteiger partial charge in [-0.3, -0.25) is 0 Å². The normalized spacial score (nSPS) is 28.8. The summed E-state index contributed by atoms with van der Waals surface area (Å²) in [6.45, 7) is 3.18. The first-order chi connectivity index (χ1) is 9.25. The highest BCUT2D eigenvalue weighted by Crippen LogP contribution is 2.37. The van der Waals surface area contributed by atoms with Gasteiger partial charge in [0.2, 0.25) is 0 Å². The third-order valence-corrected chi connectivity index (χ3v) is 4.83. The van der Waals surface area contributed by atoms with Crippen LogP contribution in [0.25, 0.3) is 0 Å². The van der Waals surface area contributed by atoms with Crippen LogP contribution in [0.15, 0.2) is 18.3 Å². The van der Waals surface area contributed by atoms with Crippen LogP contribution in [0.2, 0.25) is 0 Å². The molecule has 3 atom stereocenters. The third-order valence-electron chi connectivity index (χ3n) is 4.83. The van der Waals surface area contributed by atoms with E-state index < -0.39 is 0 Å². The number of hydrogen-bond acceptors (Lipinski definition) is 3. The Balaban J connectivity index is 1.79. The SMILES string of the molecule is C[C@H](N)c1ccc(N2CCC[C@H]3CCCC[C@H]32)nc1. The molecule has 104 valence electrons. The zero-order valence-corrected chi connectivity index (χ0v) is 11.9. The summed E-state index contributed by atoms with van der Waals surface area (Å²) in [5.41, 5.74) is 7.02. The van der Waals surface area contributed by atoms with E-state index in [-0.39, 0.29) is 6.04 Å². The number of nitrogens with two attached hydrogens (primary N) is 1. The zero-order valence-electron chi connectivity index (χ0n) is 11.9. The molecule has 1 aliphatic heterocycles. The van der Waals surface area contributed by atoms with Crippen LogP contribution in [0.5, 0.6) is 0 Å². The molecule has 0 aromatic carbocycles. The molecule has 2 fully saturated rings. The maximum atomic E-state index is 5.89. The van der Waals surface area contributed by atoms with E-state index in [1.807, 2.05) is 13.1 Å². The Labute approximate surface area is 116 Å². The van der Waals surface area contributed by atoms with Gasteiger partial charge in [0.15, 0.2) is 0 Å². The highest BCUT2D eigenvalue weighted by molar-refractivity contribution is 5.42. The first kappa shape index (κ1) is 12.9. The predicted octanol–water partition coefficient (Wildman–Crippen LogP) is 3.26. The van der Waals surface area contributed by atoms with Crippen molar-refractivity contribution in [3.05, 3.63) is 23.9 Å². The number of piperidine rings is 1. The molecule has 19 heavy (non-hydrogen) atoms. The van der Waals surface area contributed by atoms with Crippen LogP contribution in [-0.2, 0) is 0 Å². The maximum absolute atomic E-state index is 5.89. The molecule has 0 amide bonds. The fourth-order valence-electron chi connectivity index (χ4n) is 3.75. The van der Waals surface area contributed by atoms with Crippen LogP contribution >= 0.6 is 0 Å². The maximum Gasteiger partial charge on any atom is 0.128 e. The largest absolute Gasteiger partial charge is 0.353 e. The van der Waals surface area contributed by atoms with E-state index in [0.717, 1.165) is 23.3 Å². The Hall–Kier alpha value is -1.09. The second-order valence-corrected chi connectivity index (χ2v) is 6.19. The summed E-state index contributed by atoms with van der Waals surface area (Å²) < 4.78 is 0. The van der Waals surface area contributed by atoms with Crippen molar-refractivity contribution < 1.29 is 0 Å². The number of rotatable bonds is 2. The number of nitrogens with zero attached hydrogens (tertiary/aromatic N) is 2. The number of hydrogen-bond donors (Lipinski definition) is 1. The monoisotopic (exact) mass is 259 g/mol. The average molecular weight is 259 g/mol. The summed E-state index contributed by atoms with van der Waals surface area (Å²) in [7, 11) is 0. The van der Waals surface area contributed by atoms with Crippen LogP contribution in [0, 0.1) is 5.92 Å². The minimum atomic E-state index is 0.0744. The summed E-state index contributed by atoms with van der Waals surface area (Å²) in [6.07, 6.45) is 10.3. The fraction of sp³-hybridized carbons (Fsp3) is 0.688. The van der Waals surface area contributed by atoms with E-state index in [2.05, 4.69) is 22.0 Å². The molecular weight excluding hydrogens is 234 g/mol. The summed E-state index contributed by atoms with van der Waals surface area (Å²) in [5.74, 6) is 2.05. The molecule has 2 N–H and O–H groups in total. The van der Waals surface area contributed by atoms with Crippen molar-refractivity contribution >= 4 is 5.82 Å². The van der Waals surface area contributed by atoms with Gasteiger partial charge in [-0.1, -0.05) is 18.9 Å². The van der Waals surface area contributed by atoms with Gasteiger partial charge in [-0.05, 0) is 50.2 Å². The van der Waals surface area contributed by atoms with Gasteiger partial charge in [-0.25, -0.2) is 4.98 Å². The smallest absolute Gasteiger partial charge is 0.128 e. The molecule has 1 saturated carbocycles. The van der Waals surface area contributed by atoms with Gasteiger partial charge >= 0.3 is 0 Å². The van der Waals surface area contributed by atoms with Gasteiger partial charge in [0.05, 0.1) is 0 Å². The van der Waals surface area contributed by atoms with E-state index in [9.17, 15) is 0 Å². The first-order valence-corrected chi connectivity index (χ1v) is 7.74. The Morgan fingerprint density at radius 2 is 2.00 bits per heavy atom. The Morgan fingerprint density at radius 1 is 1.21 bits per heavy atom. The van der Waals surface area contributed by atoms with Crippen LogP contribution in [-0.4, -0.2) is 17.6 Å². The Kier molecular flexibility index (Phi) is 3.74. The van der Waals surface area contributed by atoms with Gasteiger partial charge < -0.3 is 10.6 Å². The van der Waals surface area contributed by atoms with Gasteiger partial charge in [0.1, 0.15) is 5.82 Å². The summed E-state index contributed by atoms with van der Waals surface area (Å²) in [5, 5.41) is 0. The number of aromatic nitrogens is 1. The van der Waals surface area contributed by atoms with Crippen molar-refractivity contribution in [1.82, 2.24) is 4.98 Å². The van der Waals surface area contributed by atoms with Crippen LogP contribution in [0.3, 0.4) is 0 Å². The molecule has 1 saturated heterocycles. The molecule has 3 heteroatoms. The van der Waals surface area contributed by atoms with Crippen molar-refractivity contribution in [3.63, 3.8) is 0 Å². The van der Waals surface area contributed by atoms with Gasteiger partial charge in [-0.2, -0.15) is 0 Å². The lowest BCUT2D eigenvalue weighted by Gasteiger charge is -2.44. The van der Waals surface area contributed by atoms with Crippen molar-refractivity contribution in [1.29, 1.82) is 0 Å². The topological polar surface area (TPSA) is 42.1 Å². The average Bonchev–Trinajstić information content (AvgIpc) is 2.47. The summed E-state index contributed by atoms with van der Waals surface area (Å²) in [4.78, 5) is 7.21. The van der Waals surface area contributed by atoms with E-state index in [1.165, 1.54) is 45.1 Å². The predicted molar refractivity (Wildman–Crippen MR) is 79.2 cm³/mol. The minimum absolute atomic E-state index is 0.0744. The van der Waals surface area contributed by atoms with Crippen molar-refractivity contribution in [2.75, 3.05) is 11.4 Å². The second-order valence-electron chi connectivity index (χ2n) is 6.19. The molecule has 1 aliphatic carbocycles. The van der Waals surface area contributed by atoms with Crippen LogP contribution < -0.4 is 10.6 Å². The van der Waals surface area contributed by atoms with Crippen molar-refractivity contribution in [3.8, 4) is 0 Å². The summed E-state index contributed by atoms with van der Waals surface area (Å²) in [6, 6.07) is 5.11. The second kappa shape index (κ2) is 5.49. The van der Waals surface area contributed by atoms with E-state index in [0.29, 0.717) is 0 Å². The minimum Gasteiger partial charge on any atom is -0.353 e. The first-order valence-electron chi connectivity index (χ1n) is 7.74. The fourth-order valence-corrected chi connectivity index (χ4v) is 3.75. The van der Waals surface area contributed by atoms with Crippen molar-refractivity contribution in [2.24, 2.45) is 11.7 Å². The lowest BCUT2D eigenvalue weighted by atomic mass is 9.78. The molecular formula is C16H25N3. The Morgan fingerprint density at radius 3 is 2.74 bits per heavy atom. The zero-order chi connectivity index (χ0) is 13.2. The lowest BCUT2D eigenvalue weighted by Crippen LogP contribution is -2.47. The molecule has 0 radical (unpaired) electrons. The molecule has 1 aromatic heterocycles. The quantitative estimate of drug-likeness (QED) is 0.886. The summed E-state index contributed by atoms with van der Waals surface area (Å²) >= 11 is 0. The van der Waals surface area contributed by atoms with Gasteiger partial charge in [0.25, 0.3) is 0 Å². The molecule has 0 spiro atoms. The molecule has 0 unspecified atom stereocenters. The molecule has 3 rings (SSSR count). The molecule has 2 heterocycles. The van der Waals surface area contributed by atoms with Crippen LogP contribution in [0.4, 0.5) is 5.82 Å². The number of anilines is 1. The van der Waals surface area contributed by atoms with Crippen LogP contribution in [0.1, 0.15) is 57.1 Å². The van der Waals surface area contributed by atoms with Gasteiger partial charge in [0, 0.05) is 24.8 Å². The van der Waals surface area contributed by atoms with E-state index in [4.69, 9.17) is 5.73 Å². The van der Waals surface area contributed by atoms with Gasteiger partial charge in [-0.15, -0.1) is 0 Å². The van der Waals surface area contributed by atoms with E-state index >= 15 is 0 Å². The highest BCUT2D eigenvalue weighted by Gasteiger charge is 2.33. The number of pyridine rings is 1. The standard InChI is InChI=1S/C16H25N3/c1-12(17)14-8-9-16(18-11-14)19-10-4-6-13-5-2-3-7-15(13)19/h8-9,11-13,15H,2-7,10,17H2,1H3/t12-,13+,15+/m0/s1. The number of fused-ring (bicyclic) bond motifs is 1. The lowest BCUT2D eigenvalue weighted by molar-refractivity contribution is 0.242. The molecule has 2 aliphatic rings. The highest BCUT2D eigenvalue weighted by atomic mass is 15.2.